The van der Waals surface area contributed by atoms with Crippen LogP contribution >= 0.6 is 0 Å². The van der Waals surface area contributed by atoms with E-state index in [1.54, 1.807) is 0 Å². The van der Waals surface area contributed by atoms with Gasteiger partial charge in [0.05, 0.1) is 12.5 Å². The zero-order valence-electron chi connectivity index (χ0n) is 13.4. The van der Waals surface area contributed by atoms with E-state index in [1.807, 2.05) is 35.2 Å². The summed E-state index contributed by atoms with van der Waals surface area (Å²) in [6.45, 7) is 1.35. The molecule has 3 amide bonds. The summed E-state index contributed by atoms with van der Waals surface area (Å²) in [4.78, 5) is 37.3. The summed E-state index contributed by atoms with van der Waals surface area (Å²) in [5.74, 6) is -0.615. The molecule has 0 aliphatic carbocycles. The number of hydrogen-bond acceptors (Lipinski definition) is 5. The highest BCUT2D eigenvalue weighted by molar-refractivity contribution is 6.05. The van der Waals surface area contributed by atoms with Gasteiger partial charge in [0, 0.05) is 19.1 Å². The Morgan fingerprint density at radius 2 is 1.88 bits per heavy atom. The molecule has 2 aliphatic heterocycles. The Labute approximate surface area is 140 Å². The van der Waals surface area contributed by atoms with E-state index in [4.69, 9.17) is 5.73 Å². The Morgan fingerprint density at radius 1 is 1.21 bits per heavy atom. The van der Waals surface area contributed by atoms with Gasteiger partial charge in [-0.25, -0.2) is 0 Å². The predicted octanol–water partition coefficient (Wildman–Crippen LogP) is -0.318. The first-order valence-electron chi connectivity index (χ1n) is 8.23. The van der Waals surface area contributed by atoms with Crippen molar-refractivity contribution in [2.75, 3.05) is 13.1 Å². The lowest BCUT2D eigenvalue weighted by molar-refractivity contribution is -0.127. The molecule has 7 nitrogen and oxygen atoms in total. The van der Waals surface area contributed by atoms with Crippen molar-refractivity contribution in [3.05, 3.63) is 35.9 Å². The first-order chi connectivity index (χ1) is 11.5. The number of nitrogens with zero attached hydrogens (tertiary/aromatic N) is 1. The second-order valence-electron chi connectivity index (χ2n) is 6.34. The average Bonchev–Trinajstić information content (AvgIpc) is 2.94. The first kappa shape index (κ1) is 16.6. The van der Waals surface area contributed by atoms with Crippen LogP contribution in [-0.2, 0) is 14.4 Å². The highest BCUT2D eigenvalue weighted by Gasteiger charge is 2.37. The third-order valence-electron chi connectivity index (χ3n) is 4.70. The lowest BCUT2D eigenvalue weighted by Crippen LogP contribution is -2.51. The Hall–Kier alpha value is -2.25. The summed E-state index contributed by atoms with van der Waals surface area (Å²) in [5, 5.41) is 5.33. The van der Waals surface area contributed by atoms with E-state index in [0.29, 0.717) is 13.1 Å². The molecule has 0 saturated carbocycles. The van der Waals surface area contributed by atoms with Gasteiger partial charge < -0.3 is 11.1 Å². The number of likely N-dealkylation sites (tertiary alicyclic amines) is 1. The topological polar surface area (TPSA) is 105 Å². The van der Waals surface area contributed by atoms with Crippen LogP contribution in [0, 0.1) is 0 Å². The monoisotopic (exact) mass is 330 g/mol. The number of amides is 3. The van der Waals surface area contributed by atoms with Gasteiger partial charge in [-0.1, -0.05) is 30.3 Å². The van der Waals surface area contributed by atoms with Crippen LogP contribution in [0.15, 0.2) is 30.3 Å². The molecule has 128 valence electrons. The van der Waals surface area contributed by atoms with Gasteiger partial charge in [-0.05, 0) is 18.4 Å². The molecule has 0 spiro atoms. The average molecular weight is 330 g/mol. The smallest absolute Gasteiger partial charge is 0.244 e. The van der Waals surface area contributed by atoms with Gasteiger partial charge >= 0.3 is 0 Å². The second-order valence-corrected chi connectivity index (χ2v) is 6.34. The molecule has 0 bridgehead atoms. The van der Waals surface area contributed by atoms with Crippen LogP contribution < -0.4 is 16.4 Å². The lowest BCUT2D eigenvalue weighted by Gasteiger charge is -2.35. The van der Waals surface area contributed by atoms with Crippen molar-refractivity contribution < 1.29 is 14.4 Å². The number of benzene rings is 1. The minimum Gasteiger partial charge on any atom is -0.352 e. The molecule has 7 heteroatoms. The van der Waals surface area contributed by atoms with E-state index in [2.05, 4.69) is 10.6 Å². The lowest BCUT2D eigenvalue weighted by atomic mass is 10.0. The van der Waals surface area contributed by atoms with Crippen molar-refractivity contribution in [2.45, 2.75) is 37.4 Å². The fourth-order valence-corrected chi connectivity index (χ4v) is 3.29. The summed E-state index contributed by atoms with van der Waals surface area (Å²) in [6.07, 6.45) is 1.71. The van der Waals surface area contributed by atoms with E-state index >= 15 is 0 Å². The van der Waals surface area contributed by atoms with Crippen LogP contribution in [0.2, 0.25) is 0 Å². The first-order valence-corrected chi connectivity index (χ1v) is 8.23. The zero-order valence-corrected chi connectivity index (χ0v) is 13.4. The third-order valence-corrected chi connectivity index (χ3v) is 4.70. The number of carbonyl (C=O) groups excluding carboxylic acids is 3. The van der Waals surface area contributed by atoms with Gasteiger partial charge in [0.2, 0.25) is 17.7 Å². The predicted molar refractivity (Wildman–Crippen MR) is 87.7 cm³/mol. The third kappa shape index (κ3) is 3.63. The van der Waals surface area contributed by atoms with Crippen molar-refractivity contribution in [3.8, 4) is 0 Å². The van der Waals surface area contributed by atoms with Crippen molar-refractivity contribution >= 4 is 17.7 Å². The van der Waals surface area contributed by atoms with Crippen molar-refractivity contribution in [2.24, 2.45) is 5.73 Å². The highest BCUT2D eigenvalue weighted by Crippen LogP contribution is 2.19. The molecule has 2 heterocycles. The normalized spacial score (nSPS) is 23.8. The minimum atomic E-state index is -0.678. The second kappa shape index (κ2) is 7.11. The molecular formula is C17H22N4O3. The Kier molecular flexibility index (Phi) is 4.92. The highest BCUT2D eigenvalue weighted by atomic mass is 16.2. The minimum absolute atomic E-state index is 0.0451. The van der Waals surface area contributed by atoms with Gasteiger partial charge in [-0.15, -0.1) is 0 Å². The van der Waals surface area contributed by atoms with E-state index in [1.165, 1.54) is 0 Å². The number of piperidine rings is 1. The van der Waals surface area contributed by atoms with Gasteiger partial charge in [-0.2, -0.15) is 0 Å². The van der Waals surface area contributed by atoms with Crippen LogP contribution in [0.4, 0.5) is 0 Å². The van der Waals surface area contributed by atoms with E-state index in [9.17, 15) is 14.4 Å². The molecule has 2 atom stereocenters. The fourth-order valence-electron chi connectivity index (χ4n) is 3.29. The summed E-state index contributed by atoms with van der Waals surface area (Å²) >= 11 is 0. The number of rotatable bonds is 4. The maximum atomic E-state index is 12.3. The maximum absolute atomic E-state index is 12.3. The summed E-state index contributed by atoms with van der Waals surface area (Å²) in [6, 6.07) is 8.27. The Morgan fingerprint density at radius 3 is 2.46 bits per heavy atom. The number of hydrogen-bond donors (Lipinski definition) is 3. The summed E-state index contributed by atoms with van der Waals surface area (Å²) in [7, 11) is 0. The number of carbonyl (C=O) groups is 3. The molecule has 1 aromatic carbocycles. The molecule has 24 heavy (non-hydrogen) atoms. The van der Waals surface area contributed by atoms with Crippen molar-refractivity contribution in [1.82, 2.24) is 15.5 Å². The van der Waals surface area contributed by atoms with E-state index in [-0.39, 0.29) is 36.2 Å². The summed E-state index contributed by atoms with van der Waals surface area (Å²) in [5.41, 5.74) is 6.79. The molecule has 2 saturated heterocycles. The van der Waals surface area contributed by atoms with Gasteiger partial charge in [-0.3, -0.25) is 24.6 Å². The molecule has 2 fully saturated rings. The molecule has 1 unspecified atom stereocenters. The number of nitrogens with two attached hydrogens (primary N) is 1. The molecule has 2 aliphatic rings. The molecular weight excluding hydrogens is 308 g/mol. The number of nitrogens with one attached hydrogen (secondary N) is 2. The van der Waals surface area contributed by atoms with Crippen molar-refractivity contribution in [1.29, 1.82) is 0 Å². The van der Waals surface area contributed by atoms with Crippen LogP contribution in [0.3, 0.4) is 0 Å². The number of imide groups is 1. The fraction of sp³-hybridized carbons (Fsp3) is 0.471. The Balaban J connectivity index is 1.49. The largest absolute Gasteiger partial charge is 0.352 e. The molecule has 3 rings (SSSR count). The van der Waals surface area contributed by atoms with E-state index in [0.717, 1.165) is 18.4 Å². The zero-order chi connectivity index (χ0) is 17.1. The molecule has 0 aromatic heterocycles. The van der Waals surface area contributed by atoms with Gasteiger partial charge in [0.25, 0.3) is 0 Å². The van der Waals surface area contributed by atoms with Crippen LogP contribution in [0.5, 0.6) is 0 Å². The van der Waals surface area contributed by atoms with Crippen molar-refractivity contribution in [3.63, 3.8) is 0 Å². The van der Waals surface area contributed by atoms with E-state index < -0.39 is 6.04 Å². The van der Waals surface area contributed by atoms with Crippen LogP contribution in [0.1, 0.15) is 30.9 Å². The van der Waals surface area contributed by atoms with Crippen LogP contribution in [0.25, 0.3) is 0 Å². The maximum Gasteiger partial charge on any atom is 0.244 e. The molecule has 4 N–H and O–H groups in total. The Bertz CT molecular complexity index is 626. The SMILES string of the molecule is N[C@@H](C(=O)NC1CCN(C2CC(=O)NC2=O)CC1)c1ccccc1. The van der Waals surface area contributed by atoms with Gasteiger partial charge in [0.1, 0.15) is 6.04 Å². The molecule has 0 radical (unpaired) electrons. The standard InChI is InChI=1S/C17H22N4O3/c18-15(11-4-2-1-3-5-11)17(24)19-12-6-8-21(9-7-12)13-10-14(22)20-16(13)23/h1-5,12-13,15H,6-10,18H2,(H,19,24)(H,20,22,23)/t13?,15-/m1/s1. The van der Waals surface area contributed by atoms with Gasteiger partial charge in [0.15, 0.2) is 0 Å². The summed E-state index contributed by atoms with van der Waals surface area (Å²) < 4.78 is 0. The quantitative estimate of drug-likeness (QED) is 0.657. The molecule has 1 aromatic rings. The van der Waals surface area contributed by atoms with Crippen LogP contribution in [-0.4, -0.2) is 47.8 Å².